The average molecular weight is 349 g/mol. The highest BCUT2D eigenvalue weighted by atomic mass is 16.3. The van der Waals surface area contributed by atoms with Crippen LogP contribution in [0.5, 0.6) is 0 Å². The molecule has 0 aliphatic rings. The lowest BCUT2D eigenvalue weighted by atomic mass is 10.1. The first-order chi connectivity index (χ1) is 12.7. The number of aryl methyl sites for hydroxylation is 1. The van der Waals surface area contributed by atoms with Gasteiger partial charge in [0.05, 0.1) is 18.8 Å². The van der Waals surface area contributed by atoms with Crippen molar-refractivity contribution in [2.24, 2.45) is 0 Å². The molecule has 1 heterocycles. The number of hydrogen-bond acceptors (Lipinski definition) is 3. The van der Waals surface area contributed by atoms with Crippen LogP contribution in [0.4, 0.5) is 0 Å². The Morgan fingerprint density at radius 2 is 1.38 bits per heavy atom. The van der Waals surface area contributed by atoms with Crippen molar-refractivity contribution in [1.29, 1.82) is 0 Å². The van der Waals surface area contributed by atoms with Crippen molar-refractivity contribution < 1.29 is 5.11 Å². The molecule has 0 saturated carbocycles. The van der Waals surface area contributed by atoms with Gasteiger partial charge in [0.25, 0.3) is 0 Å². The van der Waals surface area contributed by atoms with Crippen LogP contribution < -0.4 is 0 Å². The third kappa shape index (κ3) is 4.59. The molecule has 4 nitrogen and oxygen atoms in total. The van der Waals surface area contributed by atoms with Crippen molar-refractivity contribution in [2.75, 3.05) is 6.61 Å². The fraction of sp³-hybridized carbons (Fsp3) is 0.318. The monoisotopic (exact) mass is 349 g/mol. The van der Waals surface area contributed by atoms with Crippen LogP contribution in [-0.2, 0) is 26.2 Å². The fourth-order valence-corrected chi connectivity index (χ4v) is 3.35. The molecule has 0 saturated heterocycles. The smallest absolute Gasteiger partial charge is 0.0644 e. The molecule has 4 heteroatoms. The fourth-order valence-electron chi connectivity index (χ4n) is 3.35. The zero-order valence-electron chi connectivity index (χ0n) is 15.6. The molecule has 0 spiro atoms. The first-order valence-corrected chi connectivity index (χ1v) is 9.11. The Labute approximate surface area is 155 Å². The molecule has 0 unspecified atom stereocenters. The molecule has 3 rings (SSSR count). The second-order valence-corrected chi connectivity index (χ2v) is 6.71. The van der Waals surface area contributed by atoms with Gasteiger partial charge in [-0.25, -0.2) is 0 Å². The van der Waals surface area contributed by atoms with E-state index in [0.717, 1.165) is 31.0 Å². The van der Waals surface area contributed by atoms with Crippen LogP contribution in [0, 0.1) is 13.8 Å². The number of benzene rings is 2. The molecule has 0 aliphatic heterocycles. The number of aliphatic hydroxyl groups is 1. The molecule has 136 valence electrons. The third-order valence-electron chi connectivity index (χ3n) is 4.72. The summed E-state index contributed by atoms with van der Waals surface area (Å²) in [4.78, 5) is 2.45. The van der Waals surface area contributed by atoms with Crippen LogP contribution in [0.1, 0.15) is 28.1 Å². The summed E-state index contributed by atoms with van der Waals surface area (Å²) >= 11 is 0. The van der Waals surface area contributed by atoms with Crippen LogP contribution in [0.3, 0.4) is 0 Å². The number of hydrogen-bond donors (Lipinski definition) is 1. The van der Waals surface area contributed by atoms with Crippen LogP contribution in [-0.4, -0.2) is 26.4 Å². The minimum Gasteiger partial charge on any atom is -0.394 e. The van der Waals surface area contributed by atoms with E-state index in [-0.39, 0.29) is 6.61 Å². The maximum absolute atomic E-state index is 9.24. The van der Waals surface area contributed by atoms with Crippen LogP contribution >= 0.6 is 0 Å². The minimum atomic E-state index is 0.110. The highest BCUT2D eigenvalue weighted by Gasteiger charge is 2.16. The van der Waals surface area contributed by atoms with Crippen LogP contribution in [0.2, 0.25) is 0 Å². The van der Waals surface area contributed by atoms with Gasteiger partial charge in [0, 0.05) is 30.9 Å². The summed E-state index contributed by atoms with van der Waals surface area (Å²) < 4.78 is 1.91. The first-order valence-electron chi connectivity index (χ1n) is 9.11. The molecule has 0 fully saturated rings. The van der Waals surface area contributed by atoms with Gasteiger partial charge in [-0.1, -0.05) is 60.7 Å². The summed E-state index contributed by atoms with van der Waals surface area (Å²) in [5.74, 6) is 0. The predicted molar refractivity (Wildman–Crippen MR) is 105 cm³/mol. The van der Waals surface area contributed by atoms with E-state index in [0.29, 0.717) is 6.54 Å². The van der Waals surface area contributed by atoms with Crippen molar-refractivity contribution in [3.05, 3.63) is 88.7 Å². The van der Waals surface area contributed by atoms with Gasteiger partial charge in [0.1, 0.15) is 0 Å². The second kappa shape index (κ2) is 8.79. The number of aromatic nitrogens is 2. The molecule has 1 aromatic heterocycles. The van der Waals surface area contributed by atoms with Crippen molar-refractivity contribution in [3.63, 3.8) is 0 Å². The first kappa shape index (κ1) is 18.4. The summed E-state index contributed by atoms with van der Waals surface area (Å²) in [6, 6.07) is 21.2. The molecule has 0 bridgehead atoms. The van der Waals surface area contributed by atoms with E-state index in [1.807, 2.05) is 4.68 Å². The molecule has 0 atom stereocenters. The maximum atomic E-state index is 9.24. The summed E-state index contributed by atoms with van der Waals surface area (Å²) in [6.45, 7) is 7.42. The summed E-state index contributed by atoms with van der Waals surface area (Å²) in [7, 11) is 0. The molecule has 2 aromatic carbocycles. The van der Waals surface area contributed by atoms with Gasteiger partial charge in [-0.2, -0.15) is 5.10 Å². The van der Waals surface area contributed by atoms with E-state index in [4.69, 9.17) is 0 Å². The molecule has 26 heavy (non-hydrogen) atoms. The van der Waals surface area contributed by atoms with Gasteiger partial charge in [0.15, 0.2) is 0 Å². The standard InChI is InChI=1S/C22H27N3O/c1-18-22(19(2)25(23-18)13-14-26)17-24(15-20-9-5-3-6-10-20)16-21-11-7-4-8-12-21/h3-12,26H,13-17H2,1-2H3. The Balaban J connectivity index is 1.83. The van der Waals surface area contributed by atoms with Gasteiger partial charge < -0.3 is 5.11 Å². The van der Waals surface area contributed by atoms with Crippen molar-refractivity contribution >= 4 is 0 Å². The molecule has 0 aliphatic carbocycles. The van der Waals surface area contributed by atoms with E-state index in [9.17, 15) is 5.11 Å². The van der Waals surface area contributed by atoms with Crippen molar-refractivity contribution in [1.82, 2.24) is 14.7 Å². The molecular formula is C22H27N3O. The lowest BCUT2D eigenvalue weighted by Crippen LogP contribution is -2.23. The van der Waals surface area contributed by atoms with Crippen molar-refractivity contribution in [3.8, 4) is 0 Å². The van der Waals surface area contributed by atoms with Crippen molar-refractivity contribution in [2.45, 2.75) is 40.0 Å². The molecular weight excluding hydrogens is 322 g/mol. The predicted octanol–water partition coefficient (Wildman–Crippen LogP) is 3.69. The van der Waals surface area contributed by atoms with E-state index in [1.54, 1.807) is 0 Å². The molecule has 1 N–H and O–H groups in total. The largest absolute Gasteiger partial charge is 0.394 e. The lowest BCUT2D eigenvalue weighted by molar-refractivity contribution is 0.246. The Kier molecular flexibility index (Phi) is 6.21. The Morgan fingerprint density at radius 3 is 1.88 bits per heavy atom. The zero-order valence-corrected chi connectivity index (χ0v) is 15.6. The average Bonchev–Trinajstić information content (AvgIpc) is 2.91. The molecule has 3 aromatic rings. The summed E-state index contributed by atoms with van der Waals surface area (Å²) in [5, 5.41) is 13.8. The molecule has 0 amide bonds. The van der Waals surface area contributed by atoms with E-state index < -0.39 is 0 Å². The second-order valence-electron chi connectivity index (χ2n) is 6.71. The maximum Gasteiger partial charge on any atom is 0.0644 e. The van der Waals surface area contributed by atoms with Gasteiger partial charge >= 0.3 is 0 Å². The van der Waals surface area contributed by atoms with Gasteiger partial charge in [0.2, 0.25) is 0 Å². The number of aliphatic hydroxyl groups excluding tert-OH is 1. The Bertz CT molecular complexity index is 771. The van der Waals surface area contributed by atoms with E-state index in [1.165, 1.54) is 16.7 Å². The number of nitrogens with zero attached hydrogens (tertiary/aromatic N) is 3. The van der Waals surface area contributed by atoms with Crippen LogP contribution in [0.25, 0.3) is 0 Å². The topological polar surface area (TPSA) is 41.3 Å². The van der Waals surface area contributed by atoms with E-state index >= 15 is 0 Å². The van der Waals surface area contributed by atoms with E-state index in [2.05, 4.69) is 84.5 Å². The van der Waals surface area contributed by atoms with Gasteiger partial charge in [-0.15, -0.1) is 0 Å². The zero-order chi connectivity index (χ0) is 18.4. The molecule has 0 radical (unpaired) electrons. The third-order valence-corrected chi connectivity index (χ3v) is 4.72. The van der Waals surface area contributed by atoms with Gasteiger partial charge in [-0.3, -0.25) is 9.58 Å². The summed E-state index contributed by atoms with van der Waals surface area (Å²) in [6.07, 6.45) is 0. The lowest BCUT2D eigenvalue weighted by Gasteiger charge is -2.23. The van der Waals surface area contributed by atoms with Crippen LogP contribution in [0.15, 0.2) is 60.7 Å². The Morgan fingerprint density at radius 1 is 0.846 bits per heavy atom. The highest BCUT2D eigenvalue weighted by Crippen LogP contribution is 2.19. The van der Waals surface area contributed by atoms with Gasteiger partial charge in [-0.05, 0) is 25.0 Å². The Hall–Kier alpha value is -2.43. The quantitative estimate of drug-likeness (QED) is 0.674. The minimum absolute atomic E-state index is 0.110. The number of rotatable bonds is 8. The highest BCUT2D eigenvalue weighted by molar-refractivity contribution is 5.25. The normalized spacial score (nSPS) is 11.2. The summed E-state index contributed by atoms with van der Waals surface area (Å²) in [5.41, 5.74) is 6.05. The SMILES string of the molecule is Cc1nn(CCO)c(C)c1CN(Cc1ccccc1)Cc1ccccc1.